The largest absolute Gasteiger partial charge is 0.480 e. The summed E-state index contributed by atoms with van der Waals surface area (Å²) in [7, 11) is 0. The monoisotopic (exact) mass is 718 g/mol. The predicted molar refractivity (Wildman–Crippen MR) is 185 cm³/mol. The summed E-state index contributed by atoms with van der Waals surface area (Å²) in [6.45, 7) is 8.75. The van der Waals surface area contributed by atoms with Crippen molar-refractivity contribution in [2.24, 2.45) is 34.8 Å². The molecule has 0 bridgehead atoms. The van der Waals surface area contributed by atoms with Crippen molar-refractivity contribution in [3.63, 3.8) is 0 Å². The molecule has 2 saturated heterocycles. The van der Waals surface area contributed by atoms with Gasteiger partial charge in [-0.15, -0.1) is 0 Å². The van der Waals surface area contributed by atoms with Gasteiger partial charge in [0.15, 0.2) is 0 Å². The minimum Gasteiger partial charge on any atom is -0.480 e. The first-order valence-electron chi connectivity index (χ1n) is 16.1. The van der Waals surface area contributed by atoms with Crippen molar-refractivity contribution in [3.8, 4) is 0 Å². The fraction of sp³-hybridized carbons (Fsp3) is 0.625. The van der Waals surface area contributed by atoms with Gasteiger partial charge < -0.3 is 64.2 Å². The molecule has 0 aliphatic carbocycles. The Morgan fingerprint density at radius 1 is 0.720 bits per heavy atom. The van der Waals surface area contributed by atoms with E-state index in [4.69, 9.17) is 47.8 Å². The average Bonchev–Trinajstić information content (AvgIpc) is 3.81. The maximum Gasteiger partial charge on any atom is 0.320 e. The van der Waals surface area contributed by atoms with Gasteiger partial charge in [0.2, 0.25) is 0 Å². The van der Waals surface area contributed by atoms with Crippen LogP contribution in [0.15, 0.2) is 30.3 Å². The zero-order valence-electron chi connectivity index (χ0n) is 29.2. The highest BCUT2D eigenvalue weighted by Gasteiger charge is 2.21. The average molecular weight is 719 g/mol. The van der Waals surface area contributed by atoms with Gasteiger partial charge in [-0.25, -0.2) is 0 Å². The van der Waals surface area contributed by atoms with Crippen LogP contribution in [0, 0.1) is 11.8 Å². The number of nitrogens with two attached hydrogens (primary N) is 4. The van der Waals surface area contributed by atoms with Gasteiger partial charge in [-0.2, -0.15) is 0 Å². The molecule has 18 nitrogen and oxygen atoms in total. The first-order chi connectivity index (χ1) is 23.2. The number of rotatable bonds is 11. The second-order valence-corrected chi connectivity index (χ2v) is 11.6. The lowest BCUT2D eigenvalue weighted by molar-refractivity contribution is -0.140. The molecule has 1 aromatic carbocycles. The molecular formula is C32H58N6O12. The van der Waals surface area contributed by atoms with Crippen molar-refractivity contribution in [1.82, 2.24) is 10.6 Å². The molecule has 2 fully saturated rings. The summed E-state index contributed by atoms with van der Waals surface area (Å²) in [6.07, 6.45) is 4.77. The van der Waals surface area contributed by atoms with Crippen LogP contribution >= 0.6 is 0 Å². The third-order valence-corrected chi connectivity index (χ3v) is 7.05. The molecule has 16 N–H and O–H groups in total. The molecule has 0 aromatic heterocycles. The Kier molecular flexibility index (Phi) is 29.8. The van der Waals surface area contributed by atoms with Gasteiger partial charge in [0.05, 0.1) is 6.54 Å². The van der Waals surface area contributed by atoms with E-state index in [1.54, 1.807) is 13.8 Å². The molecule has 3 rings (SSSR count). The van der Waals surface area contributed by atoms with Gasteiger partial charge in [0.25, 0.3) is 0 Å². The van der Waals surface area contributed by atoms with Crippen molar-refractivity contribution in [3.05, 3.63) is 35.9 Å². The number of benzene rings is 1. The van der Waals surface area contributed by atoms with Crippen LogP contribution in [0.3, 0.4) is 0 Å². The molecular weight excluding hydrogens is 660 g/mol. The highest BCUT2D eigenvalue weighted by atomic mass is 16.4. The van der Waals surface area contributed by atoms with Crippen LogP contribution in [0.1, 0.15) is 65.4 Å². The molecule has 0 radical (unpaired) electrons. The summed E-state index contributed by atoms with van der Waals surface area (Å²) < 4.78 is 0. The van der Waals surface area contributed by atoms with E-state index in [1.165, 1.54) is 0 Å². The second kappa shape index (κ2) is 29.7. The molecule has 0 amide bonds. The number of hydrogen-bond acceptors (Lipinski definition) is 12. The van der Waals surface area contributed by atoms with E-state index in [9.17, 15) is 28.8 Å². The lowest BCUT2D eigenvalue weighted by Crippen LogP contribution is -2.36. The SMILES string of the molecule is CC(C)[C@H](N)C(=O)O.CC[C@H](C)[C@H](N)C(=O)O.NCC(=O)O.N[C@@H](Cc1ccccc1)C(=O)O.O=C(O)[C@@H]1CCCN1.O=C(O)[C@@H]1CCCN1. The lowest BCUT2D eigenvalue weighted by Gasteiger charge is -2.11. The van der Waals surface area contributed by atoms with E-state index in [0.29, 0.717) is 6.42 Å². The maximum atomic E-state index is 10.4. The quantitative estimate of drug-likeness (QED) is 0.141. The number of carboxylic acids is 6. The van der Waals surface area contributed by atoms with Crippen molar-refractivity contribution >= 4 is 35.8 Å². The Morgan fingerprint density at radius 2 is 1.12 bits per heavy atom. The molecule has 50 heavy (non-hydrogen) atoms. The third kappa shape index (κ3) is 27.7. The smallest absolute Gasteiger partial charge is 0.320 e. The van der Waals surface area contributed by atoms with Crippen molar-refractivity contribution in [2.75, 3.05) is 19.6 Å². The molecule has 0 saturated carbocycles. The predicted octanol–water partition coefficient (Wildman–Crippen LogP) is -0.185. The summed E-state index contributed by atoms with van der Waals surface area (Å²) in [5.74, 6) is -5.12. The summed E-state index contributed by atoms with van der Waals surface area (Å²) in [5.41, 5.74) is 21.3. The Labute approximate surface area is 292 Å². The Morgan fingerprint density at radius 3 is 1.30 bits per heavy atom. The van der Waals surface area contributed by atoms with Gasteiger partial charge in [0, 0.05) is 0 Å². The van der Waals surface area contributed by atoms with Gasteiger partial charge in [0.1, 0.15) is 30.2 Å². The Bertz CT molecular complexity index is 1070. The number of nitrogens with one attached hydrogen (secondary N) is 2. The Hall–Kier alpha value is -4.20. The maximum absolute atomic E-state index is 10.4. The number of hydrogen-bond donors (Lipinski definition) is 12. The van der Waals surface area contributed by atoms with E-state index in [1.807, 2.05) is 44.2 Å². The van der Waals surface area contributed by atoms with Crippen LogP contribution in [0.4, 0.5) is 0 Å². The fourth-order valence-corrected chi connectivity index (χ4v) is 3.53. The van der Waals surface area contributed by atoms with Crippen LogP contribution in [0.2, 0.25) is 0 Å². The molecule has 2 heterocycles. The van der Waals surface area contributed by atoms with Crippen LogP contribution in [0.25, 0.3) is 0 Å². The zero-order chi connectivity index (χ0) is 39.4. The summed E-state index contributed by atoms with van der Waals surface area (Å²) in [6, 6.07) is 6.59. The standard InChI is InChI=1S/C9H11NO2.C6H13NO2.2C5H9NO2.C5H11NO2.C2H5NO2/c10-8(9(11)12)6-7-4-2-1-3-5-7;1-3-4(2)5(7)6(8)9;2*7-5(8)4-2-1-3-6-4;1-3(2)4(6)5(7)8;3-1-2(4)5/h1-5,8H,6,10H2,(H,11,12);4-5H,3,7H2,1-2H3,(H,8,9);2*4,6H,1-3H2,(H,7,8);3-4H,6H2,1-2H3,(H,7,8);1,3H2,(H,4,5)/t8-;4-,5-;3*4-;/m00000./s1. The number of aliphatic carboxylic acids is 6. The van der Waals surface area contributed by atoms with Gasteiger partial charge in [-0.05, 0) is 62.6 Å². The first-order valence-corrected chi connectivity index (χ1v) is 16.1. The number of carbonyl (C=O) groups is 6. The van der Waals surface area contributed by atoms with E-state index in [-0.39, 0.29) is 30.5 Å². The molecule has 2 aliphatic rings. The minimum atomic E-state index is -0.968. The summed E-state index contributed by atoms with van der Waals surface area (Å²) in [4.78, 5) is 60.1. The van der Waals surface area contributed by atoms with Gasteiger partial charge in [-0.3, -0.25) is 28.8 Å². The Balaban J connectivity index is -0.000000539. The highest BCUT2D eigenvalue weighted by molar-refractivity contribution is 5.75. The molecule has 1 aromatic rings. The van der Waals surface area contributed by atoms with Crippen molar-refractivity contribution in [2.45, 2.75) is 96.4 Å². The van der Waals surface area contributed by atoms with E-state index in [2.05, 4.69) is 16.4 Å². The van der Waals surface area contributed by atoms with Gasteiger partial charge >= 0.3 is 35.8 Å². The van der Waals surface area contributed by atoms with Crippen LogP contribution in [0.5, 0.6) is 0 Å². The molecule has 18 heteroatoms. The fourth-order valence-electron chi connectivity index (χ4n) is 3.53. The van der Waals surface area contributed by atoms with Gasteiger partial charge in [-0.1, -0.05) is 64.4 Å². The topological polar surface area (TPSA) is 352 Å². The highest BCUT2D eigenvalue weighted by Crippen LogP contribution is 2.05. The van der Waals surface area contributed by atoms with Crippen molar-refractivity contribution < 1.29 is 59.4 Å². The molecule has 0 unspecified atom stereocenters. The first kappa shape index (κ1) is 50.2. The van der Waals surface area contributed by atoms with Crippen LogP contribution < -0.4 is 33.6 Å². The summed E-state index contributed by atoms with van der Waals surface area (Å²) in [5, 5.41) is 55.1. The molecule has 0 spiro atoms. The van der Waals surface area contributed by atoms with Crippen LogP contribution in [-0.4, -0.2) is 116 Å². The minimum absolute atomic E-state index is 0.0208. The molecule has 6 atom stereocenters. The van der Waals surface area contributed by atoms with E-state index < -0.39 is 53.9 Å². The van der Waals surface area contributed by atoms with E-state index in [0.717, 1.165) is 50.8 Å². The molecule has 288 valence electrons. The lowest BCUT2D eigenvalue weighted by atomic mass is 10.0. The van der Waals surface area contributed by atoms with Crippen LogP contribution in [-0.2, 0) is 35.2 Å². The normalized spacial score (nSPS) is 18.0. The zero-order valence-corrected chi connectivity index (χ0v) is 29.2. The second-order valence-electron chi connectivity index (χ2n) is 11.6. The third-order valence-electron chi connectivity index (χ3n) is 7.05. The summed E-state index contributed by atoms with van der Waals surface area (Å²) >= 11 is 0. The molecule has 2 aliphatic heterocycles. The van der Waals surface area contributed by atoms with Crippen molar-refractivity contribution in [1.29, 1.82) is 0 Å². The van der Waals surface area contributed by atoms with E-state index >= 15 is 0 Å². The number of carboxylic acid groups (broad SMARTS) is 6.